The molecule has 3 heterocycles. The lowest BCUT2D eigenvalue weighted by atomic mass is 9.96. The molecule has 0 unspecified atom stereocenters. The molecular formula is C25H26N4O3S. The molecule has 1 fully saturated rings. The highest BCUT2D eigenvalue weighted by molar-refractivity contribution is 7.90. The first-order valence-corrected chi connectivity index (χ1v) is 12.7. The Balaban J connectivity index is 1.29. The summed E-state index contributed by atoms with van der Waals surface area (Å²) < 4.78 is 27.2. The number of sulfonamides is 1. The molecule has 170 valence electrons. The number of carbonyl (C=O) groups is 1. The van der Waals surface area contributed by atoms with Crippen molar-refractivity contribution in [3.8, 4) is 0 Å². The maximum atomic E-state index is 13.2. The van der Waals surface area contributed by atoms with Gasteiger partial charge in [0, 0.05) is 38.9 Å². The predicted octanol–water partition coefficient (Wildman–Crippen LogP) is 2.42. The van der Waals surface area contributed by atoms with Gasteiger partial charge in [-0.15, -0.1) is 4.40 Å². The van der Waals surface area contributed by atoms with Gasteiger partial charge in [0.05, 0.1) is 17.4 Å². The molecule has 0 aliphatic carbocycles. The number of piperazine rings is 1. The Morgan fingerprint density at radius 3 is 2.03 bits per heavy atom. The van der Waals surface area contributed by atoms with E-state index in [1.165, 1.54) is 11.1 Å². The quantitative estimate of drug-likeness (QED) is 0.698. The molecule has 3 aliphatic heterocycles. The van der Waals surface area contributed by atoms with Crippen molar-refractivity contribution in [2.75, 3.05) is 38.5 Å². The molecule has 8 heteroatoms. The van der Waals surface area contributed by atoms with Crippen molar-refractivity contribution in [2.45, 2.75) is 6.04 Å². The number of fused-ring (bicyclic) bond motifs is 1. The van der Waals surface area contributed by atoms with Crippen molar-refractivity contribution in [1.29, 1.82) is 0 Å². The molecule has 2 aromatic carbocycles. The highest BCUT2D eigenvalue weighted by Gasteiger charge is 2.30. The summed E-state index contributed by atoms with van der Waals surface area (Å²) in [5.41, 5.74) is 3.05. The van der Waals surface area contributed by atoms with E-state index in [4.69, 9.17) is 0 Å². The van der Waals surface area contributed by atoms with Crippen LogP contribution in [0.5, 0.6) is 0 Å². The largest absolute Gasteiger partial charge is 0.336 e. The van der Waals surface area contributed by atoms with Crippen molar-refractivity contribution < 1.29 is 13.2 Å². The maximum absolute atomic E-state index is 13.2. The van der Waals surface area contributed by atoms with E-state index in [1.807, 2.05) is 17.0 Å². The van der Waals surface area contributed by atoms with E-state index in [0.29, 0.717) is 31.0 Å². The average molecular weight is 463 g/mol. The maximum Gasteiger partial charge on any atom is 0.256 e. The van der Waals surface area contributed by atoms with Crippen LogP contribution in [0, 0.1) is 0 Å². The summed E-state index contributed by atoms with van der Waals surface area (Å²) in [6.45, 7) is 3.12. The van der Waals surface area contributed by atoms with E-state index >= 15 is 0 Å². The van der Waals surface area contributed by atoms with Crippen LogP contribution < -0.4 is 0 Å². The second-order valence-corrected chi connectivity index (χ2v) is 10.2. The Morgan fingerprint density at radius 2 is 1.42 bits per heavy atom. The predicted molar refractivity (Wildman–Crippen MR) is 128 cm³/mol. The first kappa shape index (κ1) is 21.6. The number of amidine groups is 1. The lowest BCUT2D eigenvalue weighted by Gasteiger charge is -2.40. The number of nitrogens with zero attached hydrogens (tertiary/aromatic N) is 4. The van der Waals surface area contributed by atoms with Crippen LogP contribution in [-0.2, 0) is 14.8 Å². The van der Waals surface area contributed by atoms with Gasteiger partial charge in [-0.05, 0) is 23.3 Å². The van der Waals surface area contributed by atoms with Gasteiger partial charge in [0.15, 0.2) is 0 Å². The summed E-state index contributed by atoms with van der Waals surface area (Å²) in [6, 6.07) is 21.1. The summed E-state index contributed by atoms with van der Waals surface area (Å²) in [7, 11) is -3.41. The van der Waals surface area contributed by atoms with Crippen molar-refractivity contribution in [2.24, 2.45) is 4.40 Å². The third-order valence-corrected chi connectivity index (χ3v) is 7.43. The topological polar surface area (TPSA) is 73.3 Å². The molecule has 0 saturated carbocycles. The summed E-state index contributed by atoms with van der Waals surface area (Å²) >= 11 is 0. The van der Waals surface area contributed by atoms with Crippen molar-refractivity contribution in [3.05, 3.63) is 95.7 Å². The molecular weight excluding hydrogens is 436 g/mol. The van der Waals surface area contributed by atoms with Crippen LogP contribution in [0.2, 0.25) is 0 Å². The van der Waals surface area contributed by atoms with Gasteiger partial charge >= 0.3 is 0 Å². The zero-order chi connectivity index (χ0) is 22.8. The average Bonchev–Trinajstić information content (AvgIpc) is 2.85. The third kappa shape index (κ3) is 4.62. The first-order valence-electron chi connectivity index (χ1n) is 11.1. The molecule has 0 spiro atoms. The monoisotopic (exact) mass is 462 g/mol. The molecule has 1 amide bonds. The zero-order valence-electron chi connectivity index (χ0n) is 18.2. The number of amides is 1. The van der Waals surface area contributed by atoms with Crippen LogP contribution in [0.25, 0.3) is 0 Å². The van der Waals surface area contributed by atoms with Crippen LogP contribution in [0.1, 0.15) is 17.2 Å². The van der Waals surface area contributed by atoms with Crippen molar-refractivity contribution >= 4 is 21.8 Å². The highest BCUT2D eigenvalue weighted by Crippen LogP contribution is 2.29. The molecule has 0 bridgehead atoms. The van der Waals surface area contributed by atoms with E-state index in [2.05, 4.69) is 57.8 Å². The van der Waals surface area contributed by atoms with Crippen LogP contribution >= 0.6 is 0 Å². The molecule has 3 aliphatic rings. The van der Waals surface area contributed by atoms with Gasteiger partial charge in [0.1, 0.15) is 5.84 Å². The van der Waals surface area contributed by atoms with Crippen LogP contribution in [-0.4, -0.2) is 73.3 Å². The van der Waals surface area contributed by atoms with Gasteiger partial charge in [0.2, 0.25) is 0 Å². The highest BCUT2D eigenvalue weighted by atomic mass is 32.2. The second kappa shape index (κ2) is 8.96. The van der Waals surface area contributed by atoms with Crippen LogP contribution in [0.15, 0.2) is 89.0 Å². The minimum atomic E-state index is -3.41. The van der Waals surface area contributed by atoms with Crippen LogP contribution in [0.3, 0.4) is 0 Å². The van der Waals surface area contributed by atoms with Crippen LogP contribution in [0.4, 0.5) is 0 Å². The number of benzene rings is 2. The second-order valence-electron chi connectivity index (χ2n) is 8.40. The van der Waals surface area contributed by atoms with Gasteiger partial charge in [-0.3, -0.25) is 9.69 Å². The van der Waals surface area contributed by atoms with Gasteiger partial charge in [-0.2, -0.15) is 0 Å². The lowest BCUT2D eigenvalue weighted by Crippen LogP contribution is -2.50. The third-order valence-electron chi connectivity index (χ3n) is 6.27. The Hall–Kier alpha value is -3.23. The molecule has 33 heavy (non-hydrogen) atoms. The Kier molecular flexibility index (Phi) is 5.86. The fourth-order valence-electron chi connectivity index (χ4n) is 4.58. The summed E-state index contributed by atoms with van der Waals surface area (Å²) in [4.78, 5) is 19.2. The van der Waals surface area contributed by atoms with Gasteiger partial charge in [-0.25, -0.2) is 8.42 Å². The van der Waals surface area contributed by atoms with Gasteiger partial charge in [0.25, 0.3) is 15.9 Å². The molecule has 5 rings (SSSR count). The number of hydrogen-bond acceptors (Lipinski definition) is 5. The first-order chi connectivity index (χ1) is 16.0. The number of rotatable bonds is 4. The van der Waals surface area contributed by atoms with E-state index in [9.17, 15) is 13.2 Å². The van der Waals surface area contributed by atoms with Gasteiger partial charge < -0.3 is 9.80 Å². The summed E-state index contributed by atoms with van der Waals surface area (Å²) in [5, 5.41) is 0. The standard InChI is InChI=1S/C25H26N4O3S/c30-25(22-11-12-23-26-33(31,32)18-17-29(23)19-22)28-15-13-27(14-16-28)24(20-7-3-1-4-8-20)21-9-5-2-6-10-21/h1-12,19,24H,13-18H2. The molecule has 0 N–H and O–H groups in total. The molecule has 2 aromatic rings. The summed E-state index contributed by atoms with van der Waals surface area (Å²) in [6.07, 6.45) is 5.00. The fraction of sp³-hybridized carbons (Fsp3) is 0.280. The van der Waals surface area contributed by atoms with E-state index in [-0.39, 0.29) is 17.7 Å². The van der Waals surface area contributed by atoms with Gasteiger partial charge in [-0.1, -0.05) is 60.7 Å². The van der Waals surface area contributed by atoms with E-state index < -0.39 is 10.0 Å². The van der Waals surface area contributed by atoms with Crippen molar-refractivity contribution in [3.63, 3.8) is 0 Å². The fourth-order valence-corrected chi connectivity index (χ4v) is 5.55. The molecule has 0 radical (unpaired) electrons. The lowest BCUT2D eigenvalue weighted by molar-refractivity contribution is -0.128. The number of carbonyl (C=O) groups excluding carboxylic acids is 1. The minimum absolute atomic E-state index is 0.0330. The summed E-state index contributed by atoms with van der Waals surface area (Å²) in [5.74, 6) is 0.298. The molecule has 1 saturated heterocycles. The Bertz CT molecular complexity index is 1180. The number of hydrogen-bond donors (Lipinski definition) is 0. The SMILES string of the molecule is O=C(C1=CN2CCS(=O)(=O)N=C2C=C1)N1CCN(C(c2ccccc2)c2ccccc2)CC1. The molecule has 0 aromatic heterocycles. The normalized spacial score (nSPS) is 20.3. The minimum Gasteiger partial charge on any atom is -0.336 e. The molecule has 7 nitrogen and oxygen atoms in total. The molecule has 0 atom stereocenters. The smallest absolute Gasteiger partial charge is 0.256 e. The zero-order valence-corrected chi connectivity index (χ0v) is 19.1. The Labute approximate surface area is 194 Å². The van der Waals surface area contributed by atoms with E-state index in [1.54, 1.807) is 23.3 Å². The Morgan fingerprint density at radius 1 is 0.818 bits per heavy atom. The van der Waals surface area contributed by atoms with Crippen molar-refractivity contribution in [1.82, 2.24) is 14.7 Å². The van der Waals surface area contributed by atoms with E-state index in [0.717, 1.165) is 13.1 Å².